The summed E-state index contributed by atoms with van der Waals surface area (Å²) in [4.78, 5) is 17.3. The van der Waals surface area contributed by atoms with E-state index in [1.165, 1.54) is 25.1 Å². The number of piperazine rings is 1. The molecule has 1 aromatic carbocycles. The predicted octanol–water partition coefficient (Wildman–Crippen LogP) is 2.41. The Hall–Kier alpha value is -0.760. The van der Waals surface area contributed by atoms with Gasteiger partial charge in [-0.2, -0.15) is 0 Å². The highest BCUT2D eigenvalue weighted by Crippen LogP contribution is 2.30. The molecule has 1 atom stereocenters. The van der Waals surface area contributed by atoms with Crippen LogP contribution >= 0.6 is 37.2 Å². The molecule has 1 saturated carbocycles. The van der Waals surface area contributed by atoms with Gasteiger partial charge in [0.1, 0.15) is 6.10 Å². The van der Waals surface area contributed by atoms with Crippen LogP contribution < -0.4 is 15.5 Å². The highest BCUT2D eigenvalue weighted by atomic mass is 35.5. The fourth-order valence-corrected chi connectivity index (χ4v) is 3.59. The molecule has 2 saturated heterocycles. The molecule has 4 rings (SSSR count). The number of carbonyl (C=O) groups is 1. The average Bonchev–Trinajstić information content (AvgIpc) is 3.47. The summed E-state index contributed by atoms with van der Waals surface area (Å²) < 4.78 is 5.52. The van der Waals surface area contributed by atoms with Crippen molar-refractivity contribution in [3.8, 4) is 0 Å². The fraction of sp³-hybridized carbons (Fsp3) is 0.632. The number of amides is 1. The van der Waals surface area contributed by atoms with E-state index in [4.69, 9.17) is 4.74 Å². The van der Waals surface area contributed by atoms with Crippen molar-refractivity contribution >= 4 is 54.5 Å². The molecule has 0 bridgehead atoms. The monoisotopic (exact) mass is 452 g/mol. The van der Waals surface area contributed by atoms with E-state index in [2.05, 4.69) is 32.6 Å². The van der Waals surface area contributed by atoms with Crippen LogP contribution in [0.5, 0.6) is 0 Å². The van der Waals surface area contributed by atoms with Crippen LogP contribution in [0.4, 0.5) is 11.4 Å². The zero-order valence-corrected chi connectivity index (χ0v) is 18.4. The smallest absolute Gasteiger partial charge is 0.254 e. The highest BCUT2D eigenvalue weighted by Gasteiger charge is 2.26. The molecule has 2 heterocycles. The maximum atomic E-state index is 12.3. The molecular formula is C19H31Cl3N4O2. The van der Waals surface area contributed by atoms with Gasteiger partial charge in [-0.25, -0.2) is 0 Å². The summed E-state index contributed by atoms with van der Waals surface area (Å²) >= 11 is 0. The summed E-state index contributed by atoms with van der Waals surface area (Å²) in [6.45, 7) is 7.63. The summed E-state index contributed by atoms with van der Waals surface area (Å²) in [6.07, 6.45) is 2.44. The predicted molar refractivity (Wildman–Crippen MR) is 121 cm³/mol. The molecule has 0 spiro atoms. The minimum Gasteiger partial charge on any atom is -0.369 e. The number of ether oxygens (including phenoxy) is 1. The summed E-state index contributed by atoms with van der Waals surface area (Å²) in [5.74, 6) is 0.889. The number of halogens is 3. The molecule has 1 aromatic rings. The Balaban J connectivity index is 0.00000131. The summed E-state index contributed by atoms with van der Waals surface area (Å²) in [7, 11) is 0. The van der Waals surface area contributed by atoms with Crippen LogP contribution in [-0.4, -0.2) is 69.3 Å². The summed E-state index contributed by atoms with van der Waals surface area (Å²) in [5.41, 5.74) is 2.03. The van der Waals surface area contributed by atoms with E-state index in [9.17, 15) is 4.79 Å². The Morgan fingerprint density at radius 2 is 1.89 bits per heavy atom. The van der Waals surface area contributed by atoms with Gasteiger partial charge in [-0.1, -0.05) is 6.07 Å². The van der Waals surface area contributed by atoms with E-state index in [1.54, 1.807) is 0 Å². The van der Waals surface area contributed by atoms with E-state index in [-0.39, 0.29) is 43.1 Å². The van der Waals surface area contributed by atoms with Gasteiger partial charge in [0.25, 0.3) is 5.91 Å². The number of nitrogens with zero attached hydrogens (tertiary/aromatic N) is 2. The van der Waals surface area contributed by atoms with Crippen LogP contribution in [-0.2, 0) is 9.53 Å². The van der Waals surface area contributed by atoms with Crippen LogP contribution in [0.25, 0.3) is 0 Å². The molecule has 28 heavy (non-hydrogen) atoms. The van der Waals surface area contributed by atoms with Gasteiger partial charge in [0.2, 0.25) is 0 Å². The van der Waals surface area contributed by atoms with Crippen molar-refractivity contribution in [1.82, 2.24) is 10.2 Å². The first-order chi connectivity index (χ1) is 12.3. The zero-order valence-electron chi connectivity index (χ0n) is 16.0. The van der Waals surface area contributed by atoms with Crippen LogP contribution in [0, 0.1) is 5.92 Å². The average molecular weight is 454 g/mol. The lowest BCUT2D eigenvalue weighted by Gasteiger charge is -2.36. The van der Waals surface area contributed by atoms with E-state index in [0.29, 0.717) is 13.2 Å². The number of hydrogen-bond donors (Lipinski definition) is 2. The van der Waals surface area contributed by atoms with Crippen LogP contribution in [0.2, 0.25) is 0 Å². The molecule has 1 aliphatic carbocycles. The number of rotatable bonds is 5. The van der Waals surface area contributed by atoms with Gasteiger partial charge in [0.15, 0.2) is 0 Å². The molecule has 9 heteroatoms. The standard InChI is InChI=1S/C19H28N4O2.3ClH/c24-19(18-13-20-6-11-25-18)21-16-2-1-3-17(12-16)23-9-7-22(8-10-23)14-15-4-5-15;;;/h1-3,12,15,18,20H,4-11,13-14H2,(H,21,24);3*1H. The largest absolute Gasteiger partial charge is 0.369 e. The number of morpholine rings is 1. The van der Waals surface area contributed by atoms with Gasteiger partial charge >= 0.3 is 0 Å². The molecular weight excluding hydrogens is 423 g/mol. The Bertz CT molecular complexity index is 605. The van der Waals surface area contributed by atoms with Crippen LogP contribution in [0.15, 0.2) is 24.3 Å². The Labute approximate surface area is 186 Å². The van der Waals surface area contributed by atoms with Gasteiger partial charge in [-0.3, -0.25) is 9.69 Å². The lowest BCUT2D eigenvalue weighted by molar-refractivity contribution is -0.128. The van der Waals surface area contributed by atoms with E-state index < -0.39 is 6.10 Å². The summed E-state index contributed by atoms with van der Waals surface area (Å²) in [5, 5.41) is 6.18. The van der Waals surface area contributed by atoms with E-state index >= 15 is 0 Å². The molecule has 3 fully saturated rings. The minimum absolute atomic E-state index is 0. The second kappa shape index (κ2) is 12.1. The first kappa shape index (κ1) is 25.3. The fourth-order valence-electron chi connectivity index (χ4n) is 3.59. The molecule has 2 N–H and O–H groups in total. The molecule has 160 valence electrons. The normalized spacial score (nSPS) is 22.3. The van der Waals surface area contributed by atoms with Crippen molar-refractivity contribution in [3.63, 3.8) is 0 Å². The van der Waals surface area contributed by atoms with Gasteiger partial charge in [-0.05, 0) is 37.0 Å². The lowest BCUT2D eigenvalue weighted by atomic mass is 10.2. The van der Waals surface area contributed by atoms with Gasteiger partial charge < -0.3 is 20.3 Å². The van der Waals surface area contributed by atoms with Crippen molar-refractivity contribution in [2.24, 2.45) is 5.92 Å². The Morgan fingerprint density at radius 3 is 2.54 bits per heavy atom. The summed E-state index contributed by atoms with van der Waals surface area (Å²) in [6, 6.07) is 8.16. The number of carbonyl (C=O) groups excluding carboxylic acids is 1. The van der Waals surface area contributed by atoms with Crippen LogP contribution in [0.1, 0.15) is 12.8 Å². The number of anilines is 2. The quantitative estimate of drug-likeness (QED) is 0.717. The van der Waals surface area contributed by atoms with Crippen LogP contribution in [0.3, 0.4) is 0 Å². The van der Waals surface area contributed by atoms with Crippen molar-refractivity contribution in [2.45, 2.75) is 18.9 Å². The second-order valence-electron chi connectivity index (χ2n) is 7.33. The third-order valence-electron chi connectivity index (χ3n) is 5.28. The molecule has 3 aliphatic rings. The van der Waals surface area contributed by atoms with Gasteiger partial charge in [-0.15, -0.1) is 37.2 Å². The Morgan fingerprint density at radius 1 is 1.14 bits per heavy atom. The van der Waals surface area contributed by atoms with E-state index in [1.807, 2.05) is 12.1 Å². The van der Waals surface area contributed by atoms with Crippen molar-refractivity contribution in [1.29, 1.82) is 0 Å². The van der Waals surface area contributed by atoms with E-state index in [0.717, 1.165) is 44.3 Å². The SMILES string of the molecule is Cl.Cl.Cl.O=C(Nc1cccc(N2CCN(CC3CC3)CC2)c1)C1CNCCO1. The molecule has 0 radical (unpaired) electrons. The number of nitrogens with one attached hydrogen (secondary N) is 2. The molecule has 1 amide bonds. The maximum absolute atomic E-state index is 12.3. The first-order valence-corrected chi connectivity index (χ1v) is 9.48. The van der Waals surface area contributed by atoms with Crippen molar-refractivity contribution in [3.05, 3.63) is 24.3 Å². The Kier molecular flexibility index (Phi) is 10.9. The maximum Gasteiger partial charge on any atom is 0.254 e. The second-order valence-corrected chi connectivity index (χ2v) is 7.33. The number of benzene rings is 1. The lowest BCUT2D eigenvalue weighted by Crippen LogP contribution is -2.47. The third-order valence-corrected chi connectivity index (χ3v) is 5.28. The number of hydrogen-bond acceptors (Lipinski definition) is 5. The highest BCUT2D eigenvalue weighted by molar-refractivity contribution is 5.94. The van der Waals surface area contributed by atoms with Gasteiger partial charge in [0.05, 0.1) is 6.61 Å². The first-order valence-electron chi connectivity index (χ1n) is 9.48. The third kappa shape index (κ3) is 6.94. The topological polar surface area (TPSA) is 56.8 Å². The zero-order chi connectivity index (χ0) is 17.1. The van der Waals surface area contributed by atoms with Crippen molar-refractivity contribution in [2.75, 3.05) is 62.6 Å². The minimum atomic E-state index is -0.400. The van der Waals surface area contributed by atoms with Gasteiger partial charge in [0, 0.05) is 57.2 Å². The molecule has 1 unspecified atom stereocenters. The molecule has 0 aromatic heterocycles. The van der Waals surface area contributed by atoms with Crippen molar-refractivity contribution < 1.29 is 9.53 Å². The molecule has 6 nitrogen and oxygen atoms in total. The molecule has 2 aliphatic heterocycles.